The van der Waals surface area contributed by atoms with E-state index in [2.05, 4.69) is 0 Å². The first-order valence-corrected chi connectivity index (χ1v) is 6.32. The molecule has 0 heterocycles. The molecule has 0 radical (unpaired) electrons. The molecule has 0 aliphatic carbocycles. The Hall–Kier alpha value is -1.31. The van der Waals surface area contributed by atoms with E-state index in [0.717, 1.165) is 16.7 Å². The average Bonchev–Trinajstić information content (AvgIpc) is 2.32. The van der Waals surface area contributed by atoms with Gasteiger partial charge in [-0.1, -0.05) is 41.4 Å². The summed E-state index contributed by atoms with van der Waals surface area (Å²) >= 11 is 11.8. The summed E-state index contributed by atoms with van der Waals surface area (Å²) in [6.45, 7) is 3.86. The second-order valence-corrected chi connectivity index (χ2v) is 5.04. The molecule has 0 aromatic heterocycles. The molecular formula is C15H12Cl2O. The molecule has 2 aromatic rings. The van der Waals surface area contributed by atoms with E-state index in [1.807, 2.05) is 32.0 Å². The van der Waals surface area contributed by atoms with Gasteiger partial charge in [0.2, 0.25) is 0 Å². The maximum absolute atomic E-state index is 12.4. The number of hydrogen-bond donors (Lipinski definition) is 0. The normalized spacial score (nSPS) is 10.4. The fraction of sp³-hybridized carbons (Fsp3) is 0.133. The molecule has 0 aliphatic rings. The van der Waals surface area contributed by atoms with E-state index in [0.29, 0.717) is 15.6 Å². The number of carbonyl (C=O) groups is 1. The van der Waals surface area contributed by atoms with Crippen LogP contribution in [-0.4, -0.2) is 5.78 Å². The van der Waals surface area contributed by atoms with Crippen molar-refractivity contribution in [3.63, 3.8) is 0 Å². The zero-order valence-corrected chi connectivity index (χ0v) is 11.6. The van der Waals surface area contributed by atoms with Crippen LogP contribution < -0.4 is 0 Å². The van der Waals surface area contributed by atoms with Crippen molar-refractivity contribution in [1.82, 2.24) is 0 Å². The fourth-order valence-electron chi connectivity index (χ4n) is 1.95. The van der Waals surface area contributed by atoms with Crippen molar-refractivity contribution in [3.05, 3.63) is 68.7 Å². The van der Waals surface area contributed by atoms with Gasteiger partial charge in [0.1, 0.15) is 0 Å². The summed E-state index contributed by atoms with van der Waals surface area (Å²) in [5.41, 5.74) is 3.22. The van der Waals surface area contributed by atoms with E-state index in [1.165, 1.54) is 0 Å². The summed E-state index contributed by atoms with van der Waals surface area (Å²) < 4.78 is 0. The summed E-state index contributed by atoms with van der Waals surface area (Å²) in [4.78, 5) is 12.4. The zero-order chi connectivity index (χ0) is 13.3. The number of ketones is 1. The van der Waals surface area contributed by atoms with Gasteiger partial charge in [-0.2, -0.15) is 0 Å². The van der Waals surface area contributed by atoms with Crippen molar-refractivity contribution >= 4 is 29.0 Å². The van der Waals surface area contributed by atoms with Crippen LogP contribution in [0, 0.1) is 13.8 Å². The van der Waals surface area contributed by atoms with Crippen molar-refractivity contribution in [2.45, 2.75) is 13.8 Å². The Labute approximate surface area is 116 Å². The van der Waals surface area contributed by atoms with E-state index in [9.17, 15) is 4.79 Å². The van der Waals surface area contributed by atoms with Gasteiger partial charge < -0.3 is 0 Å². The van der Waals surface area contributed by atoms with Crippen LogP contribution in [0.5, 0.6) is 0 Å². The summed E-state index contributed by atoms with van der Waals surface area (Å²) in [7, 11) is 0. The summed E-state index contributed by atoms with van der Waals surface area (Å²) in [6, 6.07) is 10.7. The number of aryl methyl sites for hydroxylation is 2. The standard InChI is InChI=1S/C15H12Cl2O/c1-9-4-3-5-10(2)14(9)15(18)11-6-7-12(16)13(17)8-11/h3-8H,1-2H3. The van der Waals surface area contributed by atoms with Crippen molar-refractivity contribution < 1.29 is 4.79 Å². The van der Waals surface area contributed by atoms with Crippen molar-refractivity contribution in [1.29, 1.82) is 0 Å². The van der Waals surface area contributed by atoms with Crippen molar-refractivity contribution in [2.75, 3.05) is 0 Å². The third kappa shape index (κ3) is 2.43. The van der Waals surface area contributed by atoms with E-state index in [-0.39, 0.29) is 5.78 Å². The van der Waals surface area contributed by atoms with E-state index in [1.54, 1.807) is 18.2 Å². The molecule has 0 unspecified atom stereocenters. The third-order valence-electron chi connectivity index (χ3n) is 2.89. The molecule has 0 saturated carbocycles. The molecule has 0 bridgehead atoms. The lowest BCUT2D eigenvalue weighted by atomic mass is 9.95. The molecule has 0 saturated heterocycles. The Balaban J connectivity index is 2.51. The molecule has 0 N–H and O–H groups in total. The van der Waals surface area contributed by atoms with Gasteiger partial charge in [-0.3, -0.25) is 4.79 Å². The Morgan fingerprint density at radius 1 is 0.944 bits per heavy atom. The number of hydrogen-bond acceptors (Lipinski definition) is 1. The van der Waals surface area contributed by atoms with Crippen molar-refractivity contribution in [2.24, 2.45) is 0 Å². The highest BCUT2D eigenvalue weighted by atomic mass is 35.5. The largest absolute Gasteiger partial charge is 0.289 e. The number of benzene rings is 2. The van der Waals surface area contributed by atoms with Gasteiger partial charge >= 0.3 is 0 Å². The summed E-state index contributed by atoms with van der Waals surface area (Å²) in [6.07, 6.45) is 0. The molecule has 0 atom stereocenters. The molecular weight excluding hydrogens is 267 g/mol. The van der Waals surface area contributed by atoms with E-state index in [4.69, 9.17) is 23.2 Å². The molecule has 3 heteroatoms. The zero-order valence-electron chi connectivity index (χ0n) is 10.1. The third-order valence-corrected chi connectivity index (χ3v) is 3.63. The van der Waals surface area contributed by atoms with Crippen LogP contribution in [0.2, 0.25) is 10.0 Å². The minimum absolute atomic E-state index is 0.0239. The number of rotatable bonds is 2. The highest BCUT2D eigenvalue weighted by Crippen LogP contribution is 2.25. The monoisotopic (exact) mass is 278 g/mol. The van der Waals surface area contributed by atoms with Gasteiger partial charge in [-0.15, -0.1) is 0 Å². The minimum atomic E-state index is -0.0239. The first-order chi connectivity index (χ1) is 8.50. The lowest BCUT2D eigenvalue weighted by Crippen LogP contribution is -2.06. The van der Waals surface area contributed by atoms with Crippen LogP contribution in [0.3, 0.4) is 0 Å². The lowest BCUT2D eigenvalue weighted by Gasteiger charge is -2.09. The first kappa shape index (κ1) is 13.1. The SMILES string of the molecule is Cc1cccc(C)c1C(=O)c1ccc(Cl)c(Cl)c1. The van der Waals surface area contributed by atoms with Crippen LogP contribution in [0.25, 0.3) is 0 Å². The van der Waals surface area contributed by atoms with Crippen LogP contribution in [0.1, 0.15) is 27.0 Å². The quantitative estimate of drug-likeness (QED) is 0.719. The predicted octanol–water partition coefficient (Wildman–Crippen LogP) is 4.84. The van der Waals surface area contributed by atoms with Crippen LogP contribution in [0.4, 0.5) is 0 Å². The highest BCUT2D eigenvalue weighted by molar-refractivity contribution is 6.42. The first-order valence-electron chi connectivity index (χ1n) is 5.56. The predicted molar refractivity (Wildman–Crippen MR) is 75.8 cm³/mol. The maximum atomic E-state index is 12.4. The molecule has 0 spiro atoms. The van der Waals surface area contributed by atoms with Crippen LogP contribution >= 0.6 is 23.2 Å². The fourth-order valence-corrected chi connectivity index (χ4v) is 2.25. The minimum Gasteiger partial charge on any atom is -0.289 e. The highest BCUT2D eigenvalue weighted by Gasteiger charge is 2.15. The van der Waals surface area contributed by atoms with Gasteiger partial charge in [0.15, 0.2) is 5.78 Å². The molecule has 18 heavy (non-hydrogen) atoms. The Bertz CT molecular complexity index is 598. The molecule has 2 aromatic carbocycles. The second-order valence-electron chi connectivity index (χ2n) is 4.22. The van der Waals surface area contributed by atoms with Gasteiger partial charge in [0.25, 0.3) is 0 Å². The van der Waals surface area contributed by atoms with Crippen molar-refractivity contribution in [3.8, 4) is 0 Å². The van der Waals surface area contributed by atoms with Crippen LogP contribution in [-0.2, 0) is 0 Å². The molecule has 92 valence electrons. The number of carbonyl (C=O) groups excluding carboxylic acids is 1. The Morgan fingerprint density at radius 2 is 1.56 bits per heavy atom. The maximum Gasteiger partial charge on any atom is 0.193 e. The molecule has 2 rings (SSSR count). The smallest absolute Gasteiger partial charge is 0.193 e. The Kier molecular flexibility index (Phi) is 3.74. The van der Waals surface area contributed by atoms with E-state index < -0.39 is 0 Å². The second kappa shape index (κ2) is 5.13. The van der Waals surface area contributed by atoms with Gasteiger partial charge in [-0.25, -0.2) is 0 Å². The van der Waals surface area contributed by atoms with Gasteiger partial charge in [-0.05, 0) is 43.2 Å². The molecule has 0 amide bonds. The van der Waals surface area contributed by atoms with E-state index >= 15 is 0 Å². The lowest BCUT2D eigenvalue weighted by molar-refractivity contribution is 0.103. The molecule has 0 fully saturated rings. The van der Waals surface area contributed by atoms with Gasteiger partial charge in [0.05, 0.1) is 10.0 Å². The van der Waals surface area contributed by atoms with Gasteiger partial charge in [0, 0.05) is 11.1 Å². The summed E-state index contributed by atoms with van der Waals surface area (Å²) in [5.74, 6) is -0.0239. The number of halogens is 2. The van der Waals surface area contributed by atoms with Crippen LogP contribution in [0.15, 0.2) is 36.4 Å². The Morgan fingerprint density at radius 3 is 2.11 bits per heavy atom. The topological polar surface area (TPSA) is 17.1 Å². The molecule has 1 nitrogen and oxygen atoms in total. The molecule has 0 aliphatic heterocycles. The summed E-state index contributed by atoms with van der Waals surface area (Å²) in [5, 5.41) is 0.850. The average molecular weight is 279 g/mol.